The van der Waals surface area contributed by atoms with Gasteiger partial charge < -0.3 is 10.1 Å². The molecule has 1 unspecified atom stereocenters. The van der Waals surface area contributed by atoms with Crippen molar-refractivity contribution in [3.63, 3.8) is 0 Å². The summed E-state index contributed by atoms with van der Waals surface area (Å²) in [5.41, 5.74) is 1.23. The molecule has 1 aromatic rings. The van der Waals surface area contributed by atoms with E-state index in [-0.39, 0.29) is 0 Å². The average Bonchev–Trinajstić information content (AvgIpc) is 2.88. The van der Waals surface area contributed by atoms with E-state index in [1.807, 2.05) is 13.1 Å². The van der Waals surface area contributed by atoms with Crippen LogP contribution in [0.1, 0.15) is 31.7 Å². The van der Waals surface area contributed by atoms with Gasteiger partial charge in [0.2, 0.25) is 0 Å². The van der Waals surface area contributed by atoms with Crippen molar-refractivity contribution in [3.05, 3.63) is 29.8 Å². The maximum Gasteiger partial charge on any atom is 0.123 e. The molecule has 3 heteroatoms. The van der Waals surface area contributed by atoms with Crippen LogP contribution in [0, 0.1) is 0 Å². The second-order valence-corrected chi connectivity index (χ2v) is 5.23. The van der Waals surface area contributed by atoms with Gasteiger partial charge in [-0.05, 0) is 38.9 Å². The first-order valence-electron chi connectivity index (χ1n) is 7.44. The molecule has 106 valence electrons. The fraction of sp³-hybridized carbons (Fsp3) is 0.625. The van der Waals surface area contributed by atoms with Crippen molar-refractivity contribution < 1.29 is 4.74 Å². The molecule has 0 aromatic heterocycles. The van der Waals surface area contributed by atoms with Crippen molar-refractivity contribution in [2.45, 2.75) is 38.8 Å². The van der Waals surface area contributed by atoms with Crippen LogP contribution in [0.5, 0.6) is 5.75 Å². The number of benzene rings is 1. The van der Waals surface area contributed by atoms with Crippen molar-refractivity contribution in [2.24, 2.45) is 0 Å². The first kappa shape index (κ1) is 14.4. The summed E-state index contributed by atoms with van der Waals surface area (Å²) in [4.78, 5) is 2.57. The van der Waals surface area contributed by atoms with E-state index in [1.165, 1.54) is 31.4 Å². The standard InChI is InChI=1S/C16H26N2O/c1-3-15-8-6-10-18(15)11-12-19-16-9-5-4-7-14(16)13-17-2/h4-5,7,9,15,17H,3,6,8,10-13H2,1-2H3. The molecule has 0 aliphatic carbocycles. The van der Waals surface area contributed by atoms with E-state index in [9.17, 15) is 0 Å². The summed E-state index contributed by atoms with van der Waals surface area (Å²) in [6.07, 6.45) is 3.96. The van der Waals surface area contributed by atoms with E-state index in [0.717, 1.165) is 31.5 Å². The van der Waals surface area contributed by atoms with Gasteiger partial charge in [0.1, 0.15) is 12.4 Å². The number of likely N-dealkylation sites (tertiary alicyclic amines) is 1. The normalized spacial score (nSPS) is 19.8. The van der Waals surface area contributed by atoms with E-state index in [1.54, 1.807) is 0 Å². The highest BCUT2D eigenvalue weighted by molar-refractivity contribution is 5.33. The minimum Gasteiger partial charge on any atom is -0.492 e. The smallest absolute Gasteiger partial charge is 0.123 e. The van der Waals surface area contributed by atoms with Gasteiger partial charge in [-0.1, -0.05) is 25.1 Å². The van der Waals surface area contributed by atoms with Crippen molar-refractivity contribution in [3.8, 4) is 5.75 Å². The fourth-order valence-corrected chi connectivity index (χ4v) is 2.91. The van der Waals surface area contributed by atoms with E-state index < -0.39 is 0 Å². The zero-order chi connectivity index (χ0) is 13.5. The summed E-state index contributed by atoms with van der Waals surface area (Å²) in [6, 6.07) is 9.06. The van der Waals surface area contributed by atoms with Gasteiger partial charge in [0.05, 0.1) is 0 Å². The molecule has 2 rings (SSSR count). The molecule has 1 atom stereocenters. The highest BCUT2D eigenvalue weighted by Crippen LogP contribution is 2.20. The van der Waals surface area contributed by atoms with Crippen molar-refractivity contribution >= 4 is 0 Å². The zero-order valence-electron chi connectivity index (χ0n) is 12.2. The Kier molecular flexibility index (Phi) is 5.67. The summed E-state index contributed by atoms with van der Waals surface area (Å²) in [7, 11) is 1.97. The molecular formula is C16H26N2O. The number of nitrogens with one attached hydrogen (secondary N) is 1. The first-order chi connectivity index (χ1) is 9.35. The van der Waals surface area contributed by atoms with Crippen LogP contribution >= 0.6 is 0 Å². The number of rotatable bonds is 7. The molecule has 1 aliphatic heterocycles. The van der Waals surface area contributed by atoms with Crippen molar-refractivity contribution in [1.82, 2.24) is 10.2 Å². The summed E-state index contributed by atoms with van der Waals surface area (Å²) < 4.78 is 5.96. The van der Waals surface area contributed by atoms with E-state index in [0.29, 0.717) is 0 Å². The van der Waals surface area contributed by atoms with Gasteiger partial charge in [-0.15, -0.1) is 0 Å². The Morgan fingerprint density at radius 3 is 3.00 bits per heavy atom. The Morgan fingerprint density at radius 2 is 2.21 bits per heavy atom. The Hall–Kier alpha value is -1.06. The summed E-state index contributed by atoms with van der Waals surface area (Å²) in [5, 5.41) is 3.18. The highest BCUT2D eigenvalue weighted by Gasteiger charge is 2.22. The number of ether oxygens (including phenoxy) is 1. The van der Waals surface area contributed by atoms with Gasteiger partial charge in [-0.2, -0.15) is 0 Å². The van der Waals surface area contributed by atoms with Crippen LogP contribution in [0.3, 0.4) is 0 Å². The van der Waals surface area contributed by atoms with Gasteiger partial charge in [0.25, 0.3) is 0 Å². The zero-order valence-corrected chi connectivity index (χ0v) is 12.2. The fourth-order valence-electron chi connectivity index (χ4n) is 2.91. The molecular weight excluding hydrogens is 236 g/mol. The maximum absolute atomic E-state index is 5.96. The lowest BCUT2D eigenvalue weighted by molar-refractivity contribution is 0.193. The molecule has 1 saturated heterocycles. The second kappa shape index (κ2) is 7.51. The number of hydrogen-bond acceptors (Lipinski definition) is 3. The molecule has 19 heavy (non-hydrogen) atoms. The second-order valence-electron chi connectivity index (χ2n) is 5.23. The van der Waals surface area contributed by atoms with Crippen LogP contribution in [0.2, 0.25) is 0 Å². The molecule has 1 aliphatic rings. The maximum atomic E-state index is 5.96. The third-order valence-electron chi connectivity index (χ3n) is 3.95. The van der Waals surface area contributed by atoms with E-state index in [2.05, 4.69) is 35.3 Å². The lowest BCUT2D eigenvalue weighted by atomic mass is 10.2. The van der Waals surface area contributed by atoms with E-state index >= 15 is 0 Å². The Bertz CT molecular complexity index is 381. The Morgan fingerprint density at radius 1 is 1.37 bits per heavy atom. The lowest BCUT2D eigenvalue weighted by Gasteiger charge is -2.23. The summed E-state index contributed by atoms with van der Waals surface area (Å²) in [5.74, 6) is 1.02. The molecule has 0 radical (unpaired) electrons. The first-order valence-corrected chi connectivity index (χ1v) is 7.44. The lowest BCUT2D eigenvalue weighted by Crippen LogP contribution is -2.32. The molecule has 3 nitrogen and oxygen atoms in total. The summed E-state index contributed by atoms with van der Waals surface area (Å²) in [6.45, 7) is 6.22. The molecule has 0 spiro atoms. The monoisotopic (exact) mass is 262 g/mol. The van der Waals surface area contributed by atoms with Gasteiger partial charge in [0.15, 0.2) is 0 Å². The number of hydrogen-bond donors (Lipinski definition) is 1. The molecule has 1 N–H and O–H groups in total. The predicted molar refractivity (Wildman–Crippen MR) is 79.6 cm³/mol. The third-order valence-corrected chi connectivity index (χ3v) is 3.95. The Labute approximate surface area is 116 Å². The van der Waals surface area contributed by atoms with Crippen LogP contribution in [0.4, 0.5) is 0 Å². The van der Waals surface area contributed by atoms with Crippen molar-refractivity contribution in [1.29, 1.82) is 0 Å². The van der Waals surface area contributed by atoms with Crippen LogP contribution in [0.25, 0.3) is 0 Å². The van der Waals surface area contributed by atoms with Gasteiger partial charge in [0, 0.05) is 24.7 Å². The van der Waals surface area contributed by atoms with Gasteiger partial charge in [-0.3, -0.25) is 4.90 Å². The summed E-state index contributed by atoms with van der Waals surface area (Å²) >= 11 is 0. The minimum absolute atomic E-state index is 0.774. The average molecular weight is 262 g/mol. The van der Waals surface area contributed by atoms with Gasteiger partial charge >= 0.3 is 0 Å². The predicted octanol–water partition coefficient (Wildman–Crippen LogP) is 2.66. The molecule has 0 bridgehead atoms. The largest absolute Gasteiger partial charge is 0.492 e. The third kappa shape index (κ3) is 3.95. The van der Waals surface area contributed by atoms with Crippen LogP contribution in [0.15, 0.2) is 24.3 Å². The van der Waals surface area contributed by atoms with Crippen LogP contribution in [-0.2, 0) is 6.54 Å². The Balaban J connectivity index is 1.82. The highest BCUT2D eigenvalue weighted by atomic mass is 16.5. The molecule has 0 amide bonds. The SMILES string of the molecule is CCC1CCCN1CCOc1ccccc1CNC. The quantitative estimate of drug-likeness (QED) is 0.817. The topological polar surface area (TPSA) is 24.5 Å². The van der Waals surface area contributed by atoms with Crippen LogP contribution in [-0.4, -0.2) is 37.7 Å². The number of para-hydroxylation sites is 1. The van der Waals surface area contributed by atoms with Crippen LogP contribution < -0.4 is 10.1 Å². The number of nitrogens with zero attached hydrogens (tertiary/aromatic N) is 1. The molecule has 1 fully saturated rings. The molecule has 0 saturated carbocycles. The molecule has 1 aromatic carbocycles. The van der Waals surface area contributed by atoms with Gasteiger partial charge in [-0.25, -0.2) is 0 Å². The van der Waals surface area contributed by atoms with Crippen molar-refractivity contribution in [2.75, 3.05) is 26.7 Å². The minimum atomic E-state index is 0.774. The van der Waals surface area contributed by atoms with E-state index in [4.69, 9.17) is 4.74 Å². The molecule has 1 heterocycles.